The molecule has 5 rings (SSSR count). The Balaban J connectivity index is 1.36. The molecule has 36 heavy (non-hydrogen) atoms. The summed E-state index contributed by atoms with van der Waals surface area (Å²) in [6.45, 7) is -0.0249. The first-order valence-electron chi connectivity index (χ1n) is 11.5. The van der Waals surface area contributed by atoms with Crippen LogP contribution in [-0.4, -0.2) is 61.1 Å². The van der Waals surface area contributed by atoms with E-state index in [0.29, 0.717) is 16.8 Å². The van der Waals surface area contributed by atoms with Crippen molar-refractivity contribution in [3.8, 4) is 0 Å². The van der Waals surface area contributed by atoms with Crippen molar-refractivity contribution in [2.75, 3.05) is 20.6 Å². The Kier molecular flexibility index (Phi) is 6.12. The van der Waals surface area contributed by atoms with Crippen molar-refractivity contribution in [1.82, 2.24) is 19.5 Å². The Morgan fingerprint density at radius 2 is 2.00 bits per heavy atom. The standard InChI is InChI=1S/C24H26N6O5S/c1-28(2)24(32)35-15-29-20-11-10-16(12-21(20)30(23(29)31)17-6-5-7-17)13-25-26-14-19-18-8-3-4-9-22(18)36(33,34)27-19/h3-4,8-13,17,26H,5-7,14-15H2,1-2H3/b25-13+. The van der Waals surface area contributed by atoms with Gasteiger partial charge in [0.05, 0.1) is 34.4 Å². The number of imidazole rings is 1. The number of nitrogens with one attached hydrogen (secondary N) is 1. The molecule has 2 aromatic carbocycles. The lowest BCUT2D eigenvalue weighted by atomic mass is 9.93. The number of nitrogens with zero attached hydrogens (tertiary/aromatic N) is 5. The van der Waals surface area contributed by atoms with Gasteiger partial charge in [0.1, 0.15) is 0 Å². The summed E-state index contributed by atoms with van der Waals surface area (Å²) in [5.74, 6) is 0. The number of carbonyl (C=O) groups is 1. The fraction of sp³-hybridized carbons (Fsp3) is 0.333. The number of sulfonamides is 1. The van der Waals surface area contributed by atoms with E-state index in [1.54, 1.807) is 49.1 Å². The van der Waals surface area contributed by atoms with Crippen molar-refractivity contribution in [1.29, 1.82) is 0 Å². The fourth-order valence-electron chi connectivity index (χ4n) is 4.29. The van der Waals surface area contributed by atoms with Crippen molar-refractivity contribution in [2.24, 2.45) is 9.50 Å². The Morgan fingerprint density at radius 1 is 1.22 bits per heavy atom. The van der Waals surface area contributed by atoms with E-state index < -0.39 is 16.1 Å². The van der Waals surface area contributed by atoms with Gasteiger partial charge in [0, 0.05) is 25.7 Å². The quantitative estimate of drug-likeness (QED) is 0.384. The van der Waals surface area contributed by atoms with E-state index in [-0.39, 0.29) is 29.9 Å². The number of rotatable bonds is 7. The summed E-state index contributed by atoms with van der Waals surface area (Å²) in [5, 5.41) is 4.23. The second kappa shape index (κ2) is 9.26. The van der Waals surface area contributed by atoms with Crippen molar-refractivity contribution >= 4 is 39.1 Å². The van der Waals surface area contributed by atoms with Gasteiger partial charge in [-0.3, -0.25) is 9.13 Å². The molecule has 1 amide bonds. The second-order valence-corrected chi connectivity index (χ2v) is 10.5. The Labute approximate surface area is 207 Å². The minimum atomic E-state index is -3.67. The van der Waals surface area contributed by atoms with Crippen molar-refractivity contribution in [2.45, 2.75) is 36.9 Å². The maximum Gasteiger partial charge on any atom is 0.410 e. The van der Waals surface area contributed by atoms with Crippen LogP contribution in [-0.2, 0) is 21.5 Å². The molecule has 1 aliphatic carbocycles. The maximum atomic E-state index is 13.2. The predicted molar refractivity (Wildman–Crippen MR) is 135 cm³/mol. The van der Waals surface area contributed by atoms with Gasteiger partial charge in [-0.15, -0.1) is 0 Å². The number of hydrogen-bond donors (Lipinski definition) is 1. The third-order valence-corrected chi connectivity index (χ3v) is 7.74. The predicted octanol–water partition coefficient (Wildman–Crippen LogP) is 2.30. The first-order chi connectivity index (χ1) is 17.3. The third kappa shape index (κ3) is 4.28. The van der Waals surface area contributed by atoms with Crippen LogP contribution in [0, 0.1) is 0 Å². The molecule has 3 aromatic rings. The maximum absolute atomic E-state index is 13.2. The number of benzene rings is 2. The van der Waals surface area contributed by atoms with E-state index in [1.807, 2.05) is 12.1 Å². The zero-order valence-corrected chi connectivity index (χ0v) is 20.7. The van der Waals surface area contributed by atoms with E-state index in [0.717, 1.165) is 30.3 Å². The van der Waals surface area contributed by atoms with Crippen LogP contribution in [0.2, 0.25) is 0 Å². The van der Waals surface area contributed by atoms with E-state index >= 15 is 0 Å². The Bertz CT molecular complexity index is 1560. The summed E-state index contributed by atoms with van der Waals surface area (Å²) in [4.78, 5) is 26.6. The molecule has 11 nitrogen and oxygen atoms in total. The van der Waals surface area contributed by atoms with Crippen molar-refractivity contribution in [3.05, 3.63) is 64.1 Å². The molecule has 0 unspecified atom stereocenters. The molecule has 0 saturated heterocycles. The molecule has 1 saturated carbocycles. The molecule has 1 N–H and O–H groups in total. The van der Waals surface area contributed by atoms with Gasteiger partial charge in [0.15, 0.2) is 6.73 Å². The third-order valence-electron chi connectivity index (χ3n) is 6.37. The zero-order chi connectivity index (χ0) is 25.4. The van der Waals surface area contributed by atoms with Crippen molar-refractivity contribution in [3.63, 3.8) is 0 Å². The van der Waals surface area contributed by atoms with Gasteiger partial charge in [0.2, 0.25) is 0 Å². The molecule has 1 aromatic heterocycles. The fourth-order valence-corrected chi connectivity index (χ4v) is 5.56. The van der Waals surface area contributed by atoms with Gasteiger partial charge in [-0.2, -0.15) is 17.9 Å². The summed E-state index contributed by atoms with van der Waals surface area (Å²) < 4.78 is 36.7. The van der Waals surface area contributed by atoms with E-state index in [9.17, 15) is 18.0 Å². The highest BCUT2D eigenvalue weighted by Crippen LogP contribution is 2.33. The molecule has 0 spiro atoms. The summed E-state index contributed by atoms with van der Waals surface area (Å²) in [6.07, 6.45) is 3.98. The van der Waals surface area contributed by atoms with Gasteiger partial charge < -0.3 is 15.1 Å². The zero-order valence-electron chi connectivity index (χ0n) is 19.9. The molecule has 1 fully saturated rings. The van der Waals surface area contributed by atoms with Crippen LogP contribution in [0.1, 0.15) is 36.4 Å². The van der Waals surface area contributed by atoms with Gasteiger partial charge in [-0.05, 0) is 43.0 Å². The van der Waals surface area contributed by atoms with Crippen LogP contribution >= 0.6 is 0 Å². The van der Waals surface area contributed by atoms with Crippen LogP contribution in [0.3, 0.4) is 0 Å². The first-order valence-corrected chi connectivity index (χ1v) is 13.0. The van der Waals surface area contributed by atoms with Crippen LogP contribution in [0.25, 0.3) is 11.0 Å². The number of fused-ring (bicyclic) bond motifs is 2. The normalized spacial score (nSPS) is 16.6. The van der Waals surface area contributed by atoms with Crippen LogP contribution < -0.4 is 11.1 Å². The number of hydrazone groups is 1. The van der Waals surface area contributed by atoms with Gasteiger partial charge >= 0.3 is 11.8 Å². The summed E-state index contributed by atoms with van der Waals surface area (Å²) in [5.41, 5.74) is 5.79. The molecule has 0 radical (unpaired) electrons. The summed E-state index contributed by atoms with van der Waals surface area (Å²) >= 11 is 0. The van der Waals surface area contributed by atoms with E-state index in [1.165, 1.54) is 15.5 Å². The highest BCUT2D eigenvalue weighted by molar-refractivity contribution is 7.90. The molecule has 2 heterocycles. The largest absolute Gasteiger partial charge is 0.427 e. The van der Waals surface area contributed by atoms with Crippen molar-refractivity contribution < 1.29 is 17.9 Å². The Morgan fingerprint density at radius 3 is 2.72 bits per heavy atom. The molecule has 1 aliphatic heterocycles. The topological polar surface area (TPSA) is 127 Å². The molecular formula is C24H26N6O5S. The summed E-state index contributed by atoms with van der Waals surface area (Å²) in [7, 11) is -0.502. The second-order valence-electron chi connectivity index (χ2n) is 8.95. The van der Waals surface area contributed by atoms with Gasteiger partial charge in [0.25, 0.3) is 10.0 Å². The molecular weight excluding hydrogens is 484 g/mol. The highest BCUT2D eigenvalue weighted by atomic mass is 32.2. The number of carbonyl (C=O) groups excluding carboxylic acids is 1. The average Bonchev–Trinajstić information content (AvgIpc) is 3.24. The monoisotopic (exact) mass is 510 g/mol. The average molecular weight is 511 g/mol. The van der Waals surface area contributed by atoms with Gasteiger partial charge in [-0.1, -0.05) is 24.3 Å². The molecule has 2 aliphatic rings. The Hall–Kier alpha value is -3.93. The number of amides is 1. The molecule has 12 heteroatoms. The molecule has 0 bridgehead atoms. The SMILES string of the molecule is CN(C)C(=O)OCn1c(=O)n(C2CCC2)c2cc(/C=N/NCC3=NS(=O)(=O)c4ccccc43)ccc21. The molecule has 0 atom stereocenters. The number of ether oxygens (including phenoxy) is 1. The lowest BCUT2D eigenvalue weighted by molar-refractivity contribution is 0.0886. The van der Waals surface area contributed by atoms with Crippen LogP contribution in [0.4, 0.5) is 4.79 Å². The van der Waals surface area contributed by atoms with Crippen LogP contribution in [0.5, 0.6) is 0 Å². The van der Waals surface area contributed by atoms with Crippen LogP contribution in [0.15, 0.2) is 61.7 Å². The highest BCUT2D eigenvalue weighted by Gasteiger charge is 2.28. The lowest BCUT2D eigenvalue weighted by Gasteiger charge is -2.26. The lowest BCUT2D eigenvalue weighted by Crippen LogP contribution is -2.32. The minimum absolute atomic E-state index is 0.110. The first kappa shape index (κ1) is 23.8. The van der Waals surface area contributed by atoms with E-state index in [4.69, 9.17) is 4.74 Å². The number of aromatic nitrogens is 2. The summed E-state index contributed by atoms with van der Waals surface area (Å²) in [6, 6.07) is 12.3. The minimum Gasteiger partial charge on any atom is -0.427 e. The van der Waals surface area contributed by atoms with E-state index in [2.05, 4.69) is 14.9 Å². The smallest absolute Gasteiger partial charge is 0.410 e. The molecule has 188 valence electrons. The van der Waals surface area contributed by atoms with Gasteiger partial charge in [-0.25, -0.2) is 9.59 Å². The number of hydrogen-bond acceptors (Lipinski definition) is 7.